The molecule has 1 aliphatic heterocycles. The quantitative estimate of drug-likeness (QED) is 0.347. The molecule has 38 heavy (non-hydrogen) atoms. The van der Waals surface area contributed by atoms with E-state index in [1.807, 2.05) is 35.4 Å². The van der Waals surface area contributed by atoms with Gasteiger partial charge in [-0.15, -0.1) is 0 Å². The second kappa shape index (κ2) is 13.8. The summed E-state index contributed by atoms with van der Waals surface area (Å²) in [6.07, 6.45) is 5.23. The molecule has 2 aromatic rings. The van der Waals surface area contributed by atoms with Crippen molar-refractivity contribution < 1.29 is 23.9 Å². The summed E-state index contributed by atoms with van der Waals surface area (Å²) in [5.74, 6) is -1.03. The van der Waals surface area contributed by atoms with Crippen LogP contribution in [0.25, 0.3) is 10.9 Å². The molecule has 1 aromatic heterocycles. The Morgan fingerprint density at radius 3 is 2.58 bits per heavy atom. The highest BCUT2D eigenvalue weighted by Gasteiger charge is 2.40. The fraction of sp³-hybridized carbons (Fsp3) is 0.621. The van der Waals surface area contributed by atoms with Crippen LogP contribution >= 0.6 is 0 Å². The number of para-hydroxylation sites is 1. The number of nitrogens with zero attached hydrogens (tertiary/aromatic N) is 1. The lowest BCUT2D eigenvalue weighted by molar-refractivity contribution is -0.142. The van der Waals surface area contributed by atoms with E-state index in [2.05, 4.69) is 24.1 Å². The van der Waals surface area contributed by atoms with E-state index in [1.165, 1.54) is 0 Å². The van der Waals surface area contributed by atoms with Crippen molar-refractivity contribution in [2.24, 2.45) is 17.6 Å². The summed E-state index contributed by atoms with van der Waals surface area (Å²) >= 11 is 0. The normalized spacial score (nSPS) is 19.6. The molecule has 210 valence electrons. The zero-order valence-electron chi connectivity index (χ0n) is 23.4. The number of rotatable bonds is 14. The molecule has 0 saturated carbocycles. The van der Waals surface area contributed by atoms with Crippen molar-refractivity contribution in [3.05, 3.63) is 36.0 Å². The number of benzene rings is 1. The van der Waals surface area contributed by atoms with Gasteiger partial charge in [0.25, 0.3) is 0 Å². The van der Waals surface area contributed by atoms with Gasteiger partial charge in [0, 0.05) is 44.3 Å². The van der Waals surface area contributed by atoms with Crippen LogP contribution < -0.4 is 11.1 Å². The van der Waals surface area contributed by atoms with E-state index in [0.29, 0.717) is 18.9 Å². The van der Waals surface area contributed by atoms with Gasteiger partial charge in [-0.25, -0.2) is 0 Å². The Kier molecular flexibility index (Phi) is 10.7. The molecule has 0 spiro atoms. The molecule has 1 fully saturated rings. The number of primary amides is 1. The zero-order valence-corrected chi connectivity index (χ0v) is 23.4. The third kappa shape index (κ3) is 7.14. The van der Waals surface area contributed by atoms with Gasteiger partial charge in [-0.3, -0.25) is 14.4 Å². The van der Waals surface area contributed by atoms with E-state index in [4.69, 9.17) is 15.2 Å². The van der Waals surface area contributed by atoms with Crippen LogP contribution in [-0.2, 0) is 30.3 Å². The highest BCUT2D eigenvalue weighted by atomic mass is 16.5. The van der Waals surface area contributed by atoms with Gasteiger partial charge in [0.1, 0.15) is 6.04 Å². The Morgan fingerprint density at radius 2 is 1.92 bits per heavy atom. The van der Waals surface area contributed by atoms with Crippen molar-refractivity contribution in [2.75, 3.05) is 20.8 Å². The molecule has 9 nitrogen and oxygen atoms in total. The standard InChI is InChI=1S/C29H44N4O5/c1-6-18(2)14-21(37-4)16-26(34)33-13-9-12-25(33)27(38-5)19(3)29(36)32-24(28(30)35)15-20-17-31-23-11-8-7-10-22(20)23/h7-8,10-11,17-19,21,24-25,27,31H,6,9,12-16H2,1-5H3,(H2,30,35)(H,32,36)/t18-,19+,21-,24-,25-,27+/m0/s1. The van der Waals surface area contributed by atoms with Gasteiger partial charge < -0.3 is 30.4 Å². The van der Waals surface area contributed by atoms with Gasteiger partial charge in [-0.05, 0) is 36.8 Å². The molecule has 3 rings (SSSR count). The number of ether oxygens (including phenoxy) is 2. The topological polar surface area (TPSA) is 127 Å². The number of methoxy groups -OCH3 is 2. The molecule has 1 aromatic carbocycles. The predicted molar refractivity (Wildman–Crippen MR) is 147 cm³/mol. The molecule has 0 unspecified atom stereocenters. The molecule has 2 heterocycles. The smallest absolute Gasteiger partial charge is 0.240 e. The number of hydrogen-bond donors (Lipinski definition) is 3. The van der Waals surface area contributed by atoms with E-state index in [9.17, 15) is 14.4 Å². The summed E-state index contributed by atoms with van der Waals surface area (Å²) in [4.78, 5) is 43.9. The Balaban J connectivity index is 1.67. The maximum Gasteiger partial charge on any atom is 0.240 e. The number of amides is 3. The number of likely N-dealkylation sites (tertiary alicyclic amines) is 1. The summed E-state index contributed by atoms with van der Waals surface area (Å²) in [6.45, 7) is 6.69. The van der Waals surface area contributed by atoms with Crippen LogP contribution in [0.3, 0.4) is 0 Å². The number of fused-ring (bicyclic) bond motifs is 1. The number of aromatic nitrogens is 1. The average Bonchev–Trinajstić information content (AvgIpc) is 3.55. The molecule has 0 aliphatic carbocycles. The third-order valence-electron chi connectivity index (χ3n) is 8.03. The lowest BCUT2D eigenvalue weighted by atomic mass is 9.93. The minimum Gasteiger partial charge on any atom is -0.381 e. The Labute approximate surface area is 225 Å². The van der Waals surface area contributed by atoms with E-state index >= 15 is 0 Å². The number of nitrogens with one attached hydrogen (secondary N) is 2. The number of carbonyl (C=O) groups is 3. The maximum absolute atomic E-state index is 13.3. The first-order chi connectivity index (χ1) is 18.2. The van der Waals surface area contributed by atoms with E-state index in [1.54, 1.807) is 21.1 Å². The molecule has 3 amide bonds. The van der Waals surface area contributed by atoms with Crippen molar-refractivity contribution in [1.82, 2.24) is 15.2 Å². The van der Waals surface area contributed by atoms with Gasteiger partial charge in [0.2, 0.25) is 17.7 Å². The summed E-state index contributed by atoms with van der Waals surface area (Å²) in [5.41, 5.74) is 7.54. The number of carbonyl (C=O) groups excluding carboxylic acids is 3. The summed E-state index contributed by atoms with van der Waals surface area (Å²) in [5, 5.41) is 3.82. The molecule has 1 saturated heterocycles. The highest BCUT2D eigenvalue weighted by molar-refractivity contribution is 5.89. The third-order valence-corrected chi connectivity index (χ3v) is 8.03. The van der Waals surface area contributed by atoms with Gasteiger partial charge in [-0.1, -0.05) is 45.4 Å². The SMILES string of the molecule is CC[C@H](C)C[C@@H](CC(=O)N1CCC[C@H]1[C@H](OC)[C@@H](C)C(=O)N[C@@H](Cc1c[nH]c2ccccc12)C(N)=O)OC. The predicted octanol–water partition coefficient (Wildman–Crippen LogP) is 3.16. The Bertz CT molecular complexity index is 1090. The molecular weight excluding hydrogens is 484 g/mol. The van der Waals surface area contributed by atoms with E-state index in [0.717, 1.165) is 42.1 Å². The van der Waals surface area contributed by atoms with Crippen LogP contribution in [-0.4, -0.2) is 72.7 Å². The van der Waals surface area contributed by atoms with Crippen LogP contribution in [0.2, 0.25) is 0 Å². The zero-order chi connectivity index (χ0) is 27.8. The first kappa shape index (κ1) is 29.6. The van der Waals surface area contributed by atoms with Gasteiger partial charge in [0.05, 0.1) is 30.6 Å². The minimum absolute atomic E-state index is 0.0201. The monoisotopic (exact) mass is 528 g/mol. The molecule has 1 aliphatic rings. The number of H-pyrrole nitrogens is 1. The van der Waals surface area contributed by atoms with Crippen LogP contribution in [0, 0.1) is 11.8 Å². The van der Waals surface area contributed by atoms with Crippen molar-refractivity contribution in [2.45, 2.75) is 83.6 Å². The molecule has 0 radical (unpaired) electrons. The summed E-state index contributed by atoms with van der Waals surface area (Å²) < 4.78 is 11.4. The van der Waals surface area contributed by atoms with Crippen LogP contribution in [0.4, 0.5) is 0 Å². The van der Waals surface area contributed by atoms with Gasteiger partial charge in [-0.2, -0.15) is 0 Å². The summed E-state index contributed by atoms with van der Waals surface area (Å²) in [7, 11) is 3.21. The maximum atomic E-state index is 13.3. The molecular formula is C29H44N4O5. The lowest BCUT2D eigenvalue weighted by Crippen LogP contribution is -2.53. The molecule has 0 bridgehead atoms. The second-order valence-electron chi connectivity index (χ2n) is 10.6. The van der Waals surface area contributed by atoms with Crippen LogP contribution in [0.15, 0.2) is 30.5 Å². The fourth-order valence-corrected chi connectivity index (χ4v) is 5.52. The van der Waals surface area contributed by atoms with Crippen molar-refractivity contribution >= 4 is 28.6 Å². The fourth-order valence-electron chi connectivity index (χ4n) is 5.52. The average molecular weight is 529 g/mol. The van der Waals surface area contributed by atoms with E-state index < -0.39 is 24.0 Å². The van der Waals surface area contributed by atoms with Gasteiger partial charge in [0.15, 0.2) is 0 Å². The van der Waals surface area contributed by atoms with E-state index in [-0.39, 0.29) is 30.4 Å². The lowest BCUT2D eigenvalue weighted by Gasteiger charge is -2.35. The van der Waals surface area contributed by atoms with Crippen LogP contribution in [0.1, 0.15) is 58.4 Å². The molecule has 9 heteroatoms. The second-order valence-corrected chi connectivity index (χ2v) is 10.6. The molecule has 4 N–H and O–H groups in total. The molecule has 6 atom stereocenters. The number of hydrogen-bond acceptors (Lipinski definition) is 5. The minimum atomic E-state index is -0.869. The Hall–Kier alpha value is -2.91. The van der Waals surface area contributed by atoms with Crippen molar-refractivity contribution in [1.29, 1.82) is 0 Å². The van der Waals surface area contributed by atoms with Crippen molar-refractivity contribution in [3.8, 4) is 0 Å². The van der Waals surface area contributed by atoms with Gasteiger partial charge >= 0.3 is 0 Å². The number of aromatic amines is 1. The first-order valence-electron chi connectivity index (χ1n) is 13.7. The number of nitrogens with two attached hydrogens (primary N) is 1. The van der Waals surface area contributed by atoms with Crippen LogP contribution in [0.5, 0.6) is 0 Å². The van der Waals surface area contributed by atoms with Crippen molar-refractivity contribution in [3.63, 3.8) is 0 Å². The summed E-state index contributed by atoms with van der Waals surface area (Å²) in [6, 6.07) is 6.68. The first-order valence-corrected chi connectivity index (χ1v) is 13.7. The Morgan fingerprint density at radius 1 is 1.18 bits per heavy atom. The highest BCUT2D eigenvalue weighted by Crippen LogP contribution is 2.28. The largest absolute Gasteiger partial charge is 0.381 e.